The van der Waals surface area contributed by atoms with Gasteiger partial charge in [-0.15, -0.1) is 6.42 Å². The van der Waals surface area contributed by atoms with E-state index >= 15 is 0 Å². The Kier molecular flexibility index (Phi) is 5.40. The van der Waals surface area contributed by atoms with Crippen LogP contribution in [-0.4, -0.2) is 20.9 Å². The summed E-state index contributed by atoms with van der Waals surface area (Å²) in [5, 5.41) is 3.03. The molecule has 0 fully saturated rings. The molecular formula is C20H20N2O3S. The van der Waals surface area contributed by atoms with Crippen LogP contribution < -0.4 is 10.0 Å². The fourth-order valence-electron chi connectivity index (χ4n) is 3.17. The van der Waals surface area contributed by atoms with Crippen molar-refractivity contribution in [1.29, 1.82) is 0 Å². The Morgan fingerprint density at radius 1 is 1.19 bits per heavy atom. The van der Waals surface area contributed by atoms with Crippen LogP contribution in [0.2, 0.25) is 0 Å². The first-order valence-corrected chi connectivity index (χ1v) is 9.91. The van der Waals surface area contributed by atoms with Crippen LogP contribution in [0.15, 0.2) is 53.4 Å². The molecule has 6 heteroatoms. The van der Waals surface area contributed by atoms with Gasteiger partial charge in [0.25, 0.3) is 5.91 Å². The number of amides is 1. The minimum atomic E-state index is -3.73. The van der Waals surface area contributed by atoms with Gasteiger partial charge in [0.05, 0.1) is 17.5 Å². The SMILES string of the molecule is C#CCNS(=O)(=O)c1cccc(C(=O)NC2CCCc3ccccc32)c1. The molecule has 2 aromatic rings. The predicted molar refractivity (Wildman–Crippen MR) is 100 cm³/mol. The molecule has 0 aromatic heterocycles. The molecule has 1 unspecified atom stereocenters. The summed E-state index contributed by atoms with van der Waals surface area (Å²) in [7, 11) is -3.73. The Morgan fingerprint density at radius 2 is 2.00 bits per heavy atom. The first-order valence-electron chi connectivity index (χ1n) is 8.43. The molecule has 0 saturated carbocycles. The van der Waals surface area contributed by atoms with E-state index in [1.807, 2.05) is 18.2 Å². The van der Waals surface area contributed by atoms with Crippen molar-refractivity contribution in [3.8, 4) is 12.3 Å². The van der Waals surface area contributed by atoms with E-state index in [0.29, 0.717) is 5.56 Å². The van der Waals surface area contributed by atoms with E-state index in [0.717, 1.165) is 24.8 Å². The molecule has 0 aliphatic heterocycles. The standard InChI is InChI=1S/C20H20N2O3S/c1-2-13-21-26(24,25)17-10-5-9-16(14-17)20(23)22-19-12-6-8-15-7-3-4-11-18(15)19/h1,3-5,7,9-11,14,19,21H,6,8,12-13H2,(H,22,23). The van der Waals surface area contributed by atoms with E-state index in [1.54, 1.807) is 12.1 Å². The smallest absolute Gasteiger partial charge is 0.251 e. The van der Waals surface area contributed by atoms with Gasteiger partial charge in [-0.3, -0.25) is 4.79 Å². The topological polar surface area (TPSA) is 75.3 Å². The van der Waals surface area contributed by atoms with Crippen LogP contribution in [-0.2, 0) is 16.4 Å². The lowest BCUT2D eigenvalue weighted by molar-refractivity contribution is 0.0932. The number of carbonyl (C=O) groups excluding carboxylic acids is 1. The zero-order valence-corrected chi connectivity index (χ0v) is 15.1. The second kappa shape index (κ2) is 7.73. The van der Waals surface area contributed by atoms with E-state index in [9.17, 15) is 13.2 Å². The summed E-state index contributed by atoms with van der Waals surface area (Å²) in [5.41, 5.74) is 2.68. The van der Waals surface area contributed by atoms with E-state index in [1.165, 1.54) is 17.7 Å². The minimum absolute atomic E-state index is 0.0180. The lowest BCUT2D eigenvalue weighted by atomic mass is 9.87. The molecular weight excluding hydrogens is 348 g/mol. The fourth-order valence-corrected chi connectivity index (χ4v) is 4.15. The van der Waals surface area contributed by atoms with Gasteiger partial charge in [0, 0.05) is 5.56 Å². The largest absolute Gasteiger partial charge is 0.345 e. The van der Waals surface area contributed by atoms with Crippen LogP contribution in [0.3, 0.4) is 0 Å². The number of benzene rings is 2. The van der Waals surface area contributed by atoms with Crippen molar-refractivity contribution in [3.05, 3.63) is 65.2 Å². The van der Waals surface area contributed by atoms with E-state index < -0.39 is 10.0 Å². The second-order valence-electron chi connectivity index (χ2n) is 6.17. The molecule has 1 atom stereocenters. The second-order valence-corrected chi connectivity index (χ2v) is 7.94. The zero-order valence-electron chi connectivity index (χ0n) is 14.2. The number of carbonyl (C=O) groups is 1. The Bertz CT molecular complexity index is 961. The van der Waals surface area contributed by atoms with Crippen LogP contribution >= 0.6 is 0 Å². The lowest BCUT2D eigenvalue weighted by Gasteiger charge is -2.26. The quantitative estimate of drug-likeness (QED) is 0.796. The molecule has 1 aliphatic carbocycles. The van der Waals surface area contributed by atoms with Crippen LogP contribution in [0, 0.1) is 12.3 Å². The van der Waals surface area contributed by atoms with Crippen LogP contribution in [0.25, 0.3) is 0 Å². The highest BCUT2D eigenvalue weighted by Crippen LogP contribution is 2.29. The summed E-state index contributed by atoms with van der Waals surface area (Å²) in [6.07, 6.45) is 7.98. The van der Waals surface area contributed by atoms with Crippen molar-refractivity contribution in [2.45, 2.75) is 30.2 Å². The van der Waals surface area contributed by atoms with Crippen molar-refractivity contribution >= 4 is 15.9 Å². The Balaban J connectivity index is 1.80. The van der Waals surface area contributed by atoms with Gasteiger partial charge in [0.15, 0.2) is 0 Å². The number of terminal acetylenes is 1. The molecule has 2 aromatic carbocycles. The normalized spacial score (nSPS) is 16.3. The van der Waals surface area contributed by atoms with Crippen molar-refractivity contribution in [3.63, 3.8) is 0 Å². The van der Waals surface area contributed by atoms with Gasteiger partial charge in [-0.25, -0.2) is 8.42 Å². The van der Waals surface area contributed by atoms with Crippen molar-refractivity contribution in [2.75, 3.05) is 6.54 Å². The van der Waals surface area contributed by atoms with Gasteiger partial charge in [0.1, 0.15) is 0 Å². The van der Waals surface area contributed by atoms with Gasteiger partial charge in [0.2, 0.25) is 10.0 Å². The van der Waals surface area contributed by atoms with Gasteiger partial charge in [-0.1, -0.05) is 36.3 Å². The third-order valence-corrected chi connectivity index (χ3v) is 5.84. The maximum Gasteiger partial charge on any atom is 0.251 e. The summed E-state index contributed by atoms with van der Waals surface area (Å²) in [6, 6.07) is 14.0. The van der Waals surface area contributed by atoms with Gasteiger partial charge in [-0.05, 0) is 48.6 Å². The summed E-state index contributed by atoms with van der Waals surface area (Å²) in [4.78, 5) is 12.7. The molecule has 0 spiro atoms. The summed E-state index contributed by atoms with van der Waals surface area (Å²) < 4.78 is 26.7. The third-order valence-electron chi connectivity index (χ3n) is 4.45. The predicted octanol–water partition coefficient (Wildman–Crippen LogP) is 2.41. The Morgan fingerprint density at radius 3 is 2.81 bits per heavy atom. The Hall–Kier alpha value is -2.62. The highest BCUT2D eigenvalue weighted by atomic mass is 32.2. The number of fused-ring (bicyclic) bond motifs is 1. The van der Waals surface area contributed by atoms with E-state index in [-0.39, 0.29) is 23.4 Å². The molecule has 0 bridgehead atoms. The molecule has 2 N–H and O–H groups in total. The molecule has 1 aliphatic rings. The van der Waals surface area contributed by atoms with Gasteiger partial charge < -0.3 is 5.32 Å². The average Bonchev–Trinajstić information content (AvgIpc) is 2.67. The molecule has 1 amide bonds. The zero-order chi connectivity index (χ0) is 18.6. The summed E-state index contributed by atoms with van der Waals surface area (Å²) in [6.45, 7) is -0.0996. The van der Waals surface area contributed by atoms with Crippen LogP contribution in [0.5, 0.6) is 0 Å². The van der Waals surface area contributed by atoms with Crippen LogP contribution in [0.4, 0.5) is 0 Å². The number of aryl methyl sites for hydroxylation is 1. The average molecular weight is 368 g/mol. The lowest BCUT2D eigenvalue weighted by Crippen LogP contribution is -2.31. The molecule has 3 rings (SSSR count). The monoisotopic (exact) mass is 368 g/mol. The highest BCUT2D eigenvalue weighted by Gasteiger charge is 2.22. The minimum Gasteiger partial charge on any atom is -0.345 e. The van der Waals surface area contributed by atoms with Gasteiger partial charge in [-0.2, -0.15) is 4.72 Å². The number of hydrogen-bond acceptors (Lipinski definition) is 3. The first kappa shape index (κ1) is 18.2. The number of sulfonamides is 1. The maximum atomic E-state index is 12.7. The molecule has 26 heavy (non-hydrogen) atoms. The van der Waals surface area contributed by atoms with Crippen molar-refractivity contribution < 1.29 is 13.2 Å². The van der Waals surface area contributed by atoms with Crippen molar-refractivity contribution in [1.82, 2.24) is 10.0 Å². The number of hydrogen-bond donors (Lipinski definition) is 2. The molecule has 0 radical (unpaired) electrons. The van der Waals surface area contributed by atoms with Gasteiger partial charge >= 0.3 is 0 Å². The molecule has 134 valence electrons. The maximum absolute atomic E-state index is 12.7. The van der Waals surface area contributed by atoms with E-state index in [2.05, 4.69) is 22.0 Å². The Labute approximate surface area is 153 Å². The number of nitrogens with one attached hydrogen (secondary N) is 2. The fraction of sp³-hybridized carbons (Fsp3) is 0.250. The third kappa shape index (κ3) is 3.96. The molecule has 0 heterocycles. The van der Waals surface area contributed by atoms with Crippen molar-refractivity contribution in [2.24, 2.45) is 0 Å². The molecule has 0 saturated heterocycles. The van der Waals surface area contributed by atoms with Crippen LogP contribution in [0.1, 0.15) is 40.4 Å². The van der Waals surface area contributed by atoms with E-state index in [4.69, 9.17) is 6.42 Å². The molecule has 5 nitrogen and oxygen atoms in total. The highest BCUT2D eigenvalue weighted by molar-refractivity contribution is 7.89. The number of rotatable bonds is 5. The summed E-state index contributed by atoms with van der Waals surface area (Å²) >= 11 is 0. The first-order chi connectivity index (χ1) is 12.5. The summed E-state index contributed by atoms with van der Waals surface area (Å²) in [5.74, 6) is 1.93.